The summed E-state index contributed by atoms with van der Waals surface area (Å²) >= 11 is 1.60. The number of rotatable bonds is 4. The van der Waals surface area contributed by atoms with E-state index in [1.54, 1.807) is 16.0 Å². The predicted molar refractivity (Wildman–Crippen MR) is 146 cm³/mol. The number of para-hydroxylation sites is 1. The van der Waals surface area contributed by atoms with Gasteiger partial charge in [0.1, 0.15) is 0 Å². The molecule has 0 fully saturated rings. The van der Waals surface area contributed by atoms with Crippen LogP contribution in [0.25, 0.3) is 16.9 Å². The van der Waals surface area contributed by atoms with Crippen LogP contribution in [-0.2, 0) is 13.5 Å². The molecule has 0 bridgehead atoms. The molecular weight excluding hydrogens is 464 g/mol. The SMILES string of the molecule is Cc1c(N=c2scc(-c3ccccc3)n2C2CCCc3ccccc32)c(=O)n(-c2ccccc2)n1C. The smallest absolute Gasteiger partial charge is 0.297 e. The van der Waals surface area contributed by atoms with Gasteiger partial charge in [-0.2, -0.15) is 0 Å². The molecule has 2 heterocycles. The van der Waals surface area contributed by atoms with E-state index < -0.39 is 0 Å². The molecule has 0 radical (unpaired) electrons. The number of fused-ring (bicyclic) bond motifs is 1. The molecule has 1 aliphatic rings. The van der Waals surface area contributed by atoms with Gasteiger partial charge in [0, 0.05) is 12.4 Å². The highest BCUT2D eigenvalue weighted by atomic mass is 32.1. The van der Waals surface area contributed by atoms with E-state index in [0.29, 0.717) is 5.69 Å². The van der Waals surface area contributed by atoms with Crippen molar-refractivity contribution < 1.29 is 0 Å². The fourth-order valence-electron chi connectivity index (χ4n) is 5.30. The Kier molecular flexibility index (Phi) is 5.82. The maximum atomic E-state index is 13.6. The van der Waals surface area contributed by atoms with E-state index in [0.717, 1.165) is 46.7 Å². The van der Waals surface area contributed by atoms with E-state index in [1.807, 2.05) is 55.1 Å². The van der Waals surface area contributed by atoms with Gasteiger partial charge in [-0.25, -0.2) is 9.67 Å². The Morgan fingerprint density at radius 1 is 0.917 bits per heavy atom. The minimum atomic E-state index is -0.105. The zero-order valence-corrected chi connectivity index (χ0v) is 21.3. The molecule has 5 aromatic rings. The third-order valence-electron chi connectivity index (χ3n) is 7.19. The summed E-state index contributed by atoms with van der Waals surface area (Å²) in [6.07, 6.45) is 3.27. The summed E-state index contributed by atoms with van der Waals surface area (Å²) < 4.78 is 5.94. The van der Waals surface area contributed by atoms with Crippen LogP contribution in [0.2, 0.25) is 0 Å². The first-order chi connectivity index (χ1) is 17.6. The summed E-state index contributed by atoms with van der Waals surface area (Å²) in [4.78, 5) is 19.5. The Morgan fingerprint density at radius 2 is 1.61 bits per heavy atom. The molecule has 2 aromatic heterocycles. The maximum Gasteiger partial charge on any atom is 0.297 e. The maximum absolute atomic E-state index is 13.6. The van der Waals surface area contributed by atoms with Gasteiger partial charge in [-0.15, -0.1) is 11.3 Å². The predicted octanol–water partition coefficient (Wildman–Crippen LogP) is 6.17. The van der Waals surface area contributed by atoms with Crippen molar-refractivity contribution in [2.24, 2.45) is 12.0 Å². The first-order valence-electron chi connectivity index (χ1n) is 12.4. The molecule has 5 nitrogen and oxygen atoms in total. The van der Waals surface area contributed by atoms with Crippen LogP contribution in [0, 0.1) is 6.92 Å². The number of hydrogen-bond donors (Lipinski definition) is 0. The highest BCUT2D eigenvalue weighted by molar-refractivity contribution is 7.07. The van der Waals surface area contributed by atoms with Crippen molar-refractivity contribution in [1.29, 1.82) is 0 Å². The molecule has 0 amide bonds. The lowest BCUT2D eigenvalue weighted by Gasteiger charge is -2.28. The van der Waals surface area contributed by atoms with E-state index in [-0.39, 0.29) is 11.6 Å². The van der Waals surface area contributed by atoms with Gasteiger partial charge < -0.3 is 4.57 Å². The van der Waals surface area contributed by atoms with E-state index in [1.165, 1.54) is 11.1 Å². The fourth-order valence-corrected chi connectivity index (χ4v) is 6.25. The van der Waals surface area contributed by atoms with Gasteiger partial charge >= 0.3 is 0 Å². The zero-order valence-electron chi connectivity index (χ0n) is 20.5. The summed E-state index contributed by atoms with van der Waals surface area (Å²) in [7, 11) is 1.91. The summed E-state index contributed by atoms with van der Waals surface area (Å²) in [5.74, 6) is 0. The van der Waals surface area contributed by atoms with Crippen LogP contribution >= 0.6 is 11.3 Å². The van der Waals surface area contributed by atoms with Gasteiger partial charge in [-0.3, -0.25) is 9.48 Å². The van der Waals surface area contributed by atoms with Crippen LogP contribution in [0.4, 0.5) is 5.69 Å². The summed E-state index contributed by atoms with van der Waals surface area (Å²) in [5, 5.41) is 2.18. The molecule has 36 heavy (non-hydrogen) atoms. The molecule has 0 N–H and O–H groups in total. The first kappa shape index (κ1) is 22.6. The van der Waals surface area contributed by atoms with Crippen molar-refractivity contribution in [1.82, 2.24) is 13.9 Å². The average molecular weight is 493 g/mol. The second-order valence-electron chi connectivity index (χ2n) is 9.27. The normalized spacial score (nSPS) is 15.7. The topological polar surface area (TPSA) is 44.2 Å². The van der Waals surface area contributed by atoms with Gasteiger partial charge in [0.15, 0.2) is 10.5 Å². The van der Waals surface area contributed by atoms with E-state index in [9.17, 15) is 4.79 Å². The zero-order chi connectivity index (χ0) is 24.6. The molecular formula is C30H28N4OS. The Balaban J connectivity index is 1.59. The minimum Gasteiger partial charge on any atom is -0.309 e. The number of aromatic nitrogens is 3. The van der Waals surface area contributed by atoms with Crippen LogP contribution in [0.1, 0.15) is 35.7 Å². The fraction of sp³-hybridized carbons (Fsp3) is 0.200. The minimum absolute atomic E-state index is 0.105. The van der Waals surface area contributed by atoms with Gasteiger partial charge in [-0.05, 0) is 55.0 Å². The quantitative estimate of drug-likeness (QED) is 0.296. The Bertz CT molecular complexity index is 1650. The third kappa shape index (κ3) is 3.78. The van der Waals surface area contributed by atoms with Crippen LogP contribution in [0.15, 0.2) is 100 Å². The highest BCUT2D eigenvalue weighted by Gasteiger charge is 2.25. The number of thiazole rings is 1. The number of aryl methyl sites for hydroxylation is 1. The summed E-state index contributed by atoms with van der Waals surface area (Å²) in [5.41, 5.74) is 7.11. The molecule has 3 aromatic carbocycles. The van der Waals surface area contributed by atoms with Crippen LogP contribution < -0.4 is 10.4 Å². The largest absolute Gasteiger partial charge is 0.309 e. The average Bonchev–Trinajstić information content (AvgIpc) is 3.43. The molecule has 6 heteroatoms. The standard InChI is InChI=1S/C30H28N4OS/c1-21-28(29(35)34(32(21)2)24-16-7-4-8-17-24)31-30-33(27(20-36-30)23-13-5-3-6-14-23)26-19-11-15-22-12-9-10-18-25(22)26/h3-10,12-14,16-18,20,26H,11,15,19H2,1-2H3. The monoisotopic (exact) mass is 492 g/mol. The molecule has 1 atom stereocenters. The van der Waals surface area contributed by atoms with Gasteiger partial charge in [0.25, 0.3) is 5.56 Å². The Hall–Kier alpha value is -3.90. The van der Waals surface area contributed by atoms with Crippen molar-refractivity contribution in [3.8, 4) is 16.9 Å². The Labute approximate surface area is 214 Å². The summed E-state index contributed by atoms with van der Waals surface area (Å²) in [6.45, 7) is 1.96. The van der Waals surface area contributed by atoms with Crippen molar-refractivity contribution >= 4 is 17.0 Å². The second kappa shape index (κ2) is 9.28. The summed E-state index contributed by atoms with van der Waals surface area (Å²) in [6, 6.07) is 29.1. The van der Waals surface area contributed by atoms with Crippen molar-refractivity contribution in [2.45, 2.75) is 32.2 Å². The van der Waals surface area contributed by atoms with E-state index in [2.05, 4.69) is 58.5 Å². The second-order valence-corrected chi connectivity index (χ2v) is 10.1. The number of nitrogens with zero attached hydrogens (tertiary/aromatic N) is 4. The van der Waals surface area contributed by atoms with Crippen LogP contribution in [0.3, 0.4) is 0 Å². The molecule has 0 saturated heterocycles. The lowest BCUT2D eigenvalue weighted by Crippen LogP contribution is -2.26. The molecule has 0 saturated carbocycles. The molecule has 0 spiro atoms. The molecule has 6 rings (SSSR count). The molecule has 0 aliphatic heterocycles. The highest BCUT2D eigenvalue weighted by Crippen LogP contribution is 2.35. The van der Waals surface area contributed by atoms with Crippen molar-refractivity contribution in [2.75, 3.05) is 0 Å². The lowest BCUT2D eigenvalue weighted by atomic mass is 9.87. The van der Waals surface area contributed by atoms with Crippen molar-refractivity contribution in [3.05, 3.63) is 122 Å². The first-order valence-corrected chi connectivity index (χ1v) is 13.2. The van der Waals surface area contributed by atoms with Gasteiger partial charge in [0.05, 0.1) is 23.1 Å². The van der Waals surface area contributed by atoms with Crippen molar-refractivity contribution in [3.63, 3.8) is 0 Å². The number of hydrogen-bond acceptors (Lipinski definition) is 3. The van der Waals surface area contributed by atoms with Gasteiger partial charge in [-0.1, -0.05) is 72.8 Å². The van der Waals surface area contributed by atoms with E-state index in [4.69, 9.17) is 4.99 Å². The van der Waals surface area contributed by atoms with Gasteiger partial charge in [0.2, 0.25) is 0 Å². The van der Waals surface area contributed by atoms with E-state index >= 15 is 0 Å². The lowest BCUT2D eigenvalue weighted by molar-refractivity contribution is 0.485. The number of benzene rings is 3. The van der Waals surface area contributed by atoms with Crippen LogP contribution in [-0.4, -0.2) is 13.9 Å². The third-order valence-corrected chi connectivity index (χ3v) is 8.03. The molecule has 1 aliphatic carbocycles. The Morgan fingerprint density at radius 3 is 2.39 bits per heavy atom. The molecule has 180 valence electrons. The molecule has 1 unspecified atom stereocenters. The van der Waals surface area contributed by atoms with Crippen LogP contribution in [0.5, 0.6) is 0 Å².